The van der Waals surface area contributed by atoms with E-state index in [1.807, 2.05) is 0 Å². The fraction of sp³-hybridized carbons (Fsp3) is 0.300. The highest BCUT2D eigenvalue weighted by Gasteiger charge is 2.01. The van der Waals surface area contributed by atoms with Gasteiger partial charge in [-0.05, 0) is 54.2 Å². The molecule has 0 aromatic heterocycles. The van der Waals surface area contributed by atoms with Crippen molar-refractivity contribution < 1.29 is 0 Å². The third kappa shape index (κ3) is 3.75. The first-order valence-corrected chi connectivity index (χ1v) is 7.43. The van der Waals surface area contributed by atoms with Gasteiger partial charge in [0.15, 0.2) is 0 Å². The Bertz CT molecular complexity index is 608. The molecule has 0 N–H and O–H groups in total. The summed E-state index contributed by atoms with van der Waals surface area (Å²) in [5.74, 6) is 7.12. The van der Waals surface area contributed by atoms with Crippen molar-refractivity contribution in [1.29, 1.82) is 0 Å². The quantitative estimate of drug-likeness (QED) is 0.670. The maximum absolute atomic E-state index is 3.25. The molecule has 20 heavy (non-hydrogen) atoms. The lowest BCUT2D eigenvalue weighted by Gasteiger charge is -2.07. The molecule has 2 rings (SSSR count). The summed E-state index contributed by atoms with van der Waals surface area (Å²) in [6.07, 6.45) is 2.23. The van der Waals surface area contributed by atoms with E-state index in [1.54, 1.807) is 0 Å². The van der Waals surface area contributed by atoms with Crippen LogP contribution in [0, 0.1) is 11.8 Å². The van der Waals surface area contributed by atoms with Crippen LogP contribution in [0.3, 0.4) is 0 Å². The highest BCUT2D eigenvalue weighted by atomic mass is 14.1. The molecule has 1 unspecified atom stereocenters. The van der Waals surface area contributed by atoms with Crippen molar-refractivity contribution in [3.05, 3.63) is 70.8 Å². The van der Waals surface area contributed by atoms with E-state index >= 15 is 0 Å². The lowest BCUT2D eigenvalue weighted by atomic mass is 9.98. The van der Waals surface area contributed by atoms with Crippen LogP contribution in [0.15, 0.2) is 48.5 Å². The fourth-order valence-corrected chi connectivity index (χ4v) is 2.14. The molecule has 1 atom stereocenters. The molecule has 0 fully saturated rings. The molecule has 2 aromatic carbocycles. The Kier molecular flexibility index (Phi) is 5.02. The normalized spacial score (nSPS) is 11.6. The zero-order valence-corrected chi connectivity index (χ0v) is 12.6. The summed E-state index contributed by atoms with van der Waals surface area (Å²) in [6.45, 7) is 6.65. The van der Waals surface area contributed by atoms with E-state index in [1.165, 1.54) is 17.5 Å². The van der Waals surface area contributed by atoms with Crippen LogP contribution in [0.2, 0.25) is 0 Å². The zero-order valence-electron chi connectivity index (χ0n) is 12.6. The van der Waals surface area contributed by atoms with Gasteiger partial charge in [0.05, 0.1) is 0 Å². The van der Waals surface area contributed by atoms with Gasteiger partial charge in [-0.15, -0.1) is 0 Å². The second kappa shape index (κ2) is 6.96. The Morgan fingerprint density at radius 1 is 0.900 bits per heavy atom. The van der Waals surface area contributed by atoms with Gasteiger partial charge in [-0.3, -0.25) is 0 Å². The van der Waals surface area contributed by atoms with E-state index < -0.39 is 0 Å². The zero-order chi connectivity index (χ0) is 14.4. The first kappa shape index (κ1) is 14.4. The van der Waals surface area contributed by atoms with Gasteiger partial charge in [0.1, 0.15) is 0 Å². The molecule has 0 aliphatic rings. The topological polar surface area (TPSA) is 0 Å². The van der Waals surface area contributed by atoms with Crippen molar-refractivity contribution in [1.82, 2.24) is 0 Å². The third-order valence-electron chi connectivity index (χ3n) is 3.78. The largest absolute Gasteiger partial charge is 0.0648 e. The van der Waals surface area contributed by atoms with Crippen molar-refractivity contribution in [2.75, 3.05) is 0 Å². The first-order valence-electron chi connectivity index (χ1n) is 7.43. The van der Waals surface area contributed by atoms with Crippen LogP contribution in [-0.4, -0.2) is 0 Å². The maximum atomic E-state index is 3.25. The smallest absolute Gasteiger partial charge is 0.0251 e. The molecule has 0 amide bonds. The van der Waals surface area contributed by atoms with Crippen LogP contribution in [0.25, 0.3) is 0 Å². The molecule has 0 aliphatic heterocycles. The minimum atomic E-state index is 0.623. The average molecular weight is 262 g/mol. The van der Waals surface area contributed by atoms with Gasteiger partial charge < -0.3 is 0 Å². The fourth-order valence-electron chi connectivity index (χ4n) is 2.14. The predicted molar refractivity (Wildman–Crippen MR) is 86.9 cm³/mol. The molecule has 0 heteroatoms. The van der Waals surface area contributed by atoms with E-state index in [4.69, 9.17) is 0 Å². The van der Waals surface area contributed by atoms with E-state index in [0.29, 0.717) is 5.92 Å². The van der Waals surface area contributed by atoms with Gasteiger partial charge in [0.2, 0.25) is 0 Å². The summed E-state index contributed by atoms with van der Waals surface area (Å²) in [5.41, 5.74) is 4.91. The summed E-state index contributed by atoms with van der Waals surface area (Å²) in [5, 5.41) is 0. The van der Waals surface area contributed by atoms with Gasteiger partial charge in [0.25, 0.3) is 0 Å². The highest BCUT2D eigenvalue weighted by Crippen LogP contribution is 2.18. The molecule has 0 spiro atoms. The van der Waals surface area contributed by atoms with Crippen LogP contribution in [0.5, 0.6) is 0 Å². The summed E-state index contributed by atoms with van der Waals surface area (Å²) >= 11 is 0. The van der Waals surface area contributed by atoms with Crippen molar-refractivity contribution in [3.8, 4) is 11.8 Å². The lowest BCUT2D eigenvalue weighted by molar-refractivity contribution is 0.733. The average Bonchev–Trinajstić information content (AvgIpc) is 2.53. The summed E-state index contributed by atoms with van der Waals surface area (Å²) < 4.78 is 0. The standard InChI is InChI=1S/C20H22/c1-4-16(3)20-13-11-18(12-14-20)9-10-19-8-6-7-17(5-2)15-19/h6-8,11-16H,4-5H2,1-3H3. The first-order chi connectivity index (χ1) is 9.72. The molecule has 0 radical (unpaired) electrons. The number of rotatable bonds is 3. The minimum Gasteiger partial charge on any atom is -0.0648 e. The Hall–Kier alpha value is -2.00. The Balaban J connectivity index is 2.16. The second-order valence-corrected chi connectivity index (χ2v) is 5.24. The van der Waals surface area contributed by atoms with Gasteiger partial charge in [0, 0.05) is 11.1 Å². The molecule has 0 saturated carbocycles. The number of hydrogen-bond donors (Lipinski definition) is 0. The number of benzene rings is 2. The Labute approximate surface area is 122 Å². The molecule has 0 heterocycles. The van der Waals surface area contributed by atoms with E-state index in [-0.39, 0.29) is 0 Å². The third-order valence-corrected chi connectivity index (χ3v) is 3.78. The van der Waals surface area contributed by atoms with Crippen LogP contribution < -0.4 is 0 Å². The van der Waals surface area contributed by atoms with Gasteiger partial charge >= 0.3 is 0 Å². The van der Waals surface area contributed by atoms with Gasteiger partial charge in [-0.2, -0.15) is 0 Å². The summed E-state index contributed by atoms with van der Waals surface area (Å²) in [7, 11) is 0. The summed E-state index contributed by atoms with van der Waals surface area (Å²) in [4.78, 5) is 0. The molecule has 0 aliphatic carbocycles. The lowest BCUT2D eigenvalue weighted by Crippen LogP contribution is -1.90. The minimum absolute atomic E-state index is 0.623. The predicted octanol–water partition coefficient (Wildman–Crippen LogP) is 5.16. The molecule has 102 valence electrons. The van der Waals surface area contributed by atoms with Gasteiger partial charge in [-0.25, -0.2) is 0 Å². The van der Waals surface area contributed by atoms with E-state index in [9.17, 15) is 0 Å². The van der Waals surface area contributed by atoms with E-state index in [2.05, 4.69) is 81.1 Å². The van der Waals surface area contributed by atoms with Crippen molar-refractivity contribution in [3.63, 3.8) is 0 Å². The summed E-state index contributed by atoms with van der Waals surface area (Å²) in [6, 6.07) is 17.1. The van der Waals surface area contributed by atoms with Crippen molar-refractivity contribution >= 4 is 0 Å². The number of hydrogen-bond acceptors (Lipinski definition) is 0. The molecule has 0 bridgehead atoms. The van der Waals surface area contributed by atoms with Crippen LogP contribution >= 0.6 is 0 Å². The maximum Gasteiger partial charge on any atom is 0.0251 e. The van der Waals surface area contributed by atoms with E-state index in [0.717, 1.165) is 17.5 Å². The molecule has 0 saturated heterocycles. The Morgan fingerprint density at radius 2 is 1.60 bits per heavy atom. The molecule has 0 nitrogen and oxygen atoms in total. The highest BCUT2D eigenvalue weighted by molar-refractivity contribution is 5.44. The Morgan fingerprint density at radius 3 is 2.25 bits per heavy atom. The second-order valence-electron chi connectivity index (χ2n) is 5.24. The van der Waals surface area contributed by atoms with Crippen LogP contribution in [0.4, 0.5) is 0 Å². The van der Waals surface area contributed by atoms with Crippen molar-refractivity contribution in [2.45, 2.75) is 39.5 Å². The van der Waals surface area contributed by atoms with Crippen LogP contribution in [-0.2, 0) is 6.42 Å². The van der Waals surface area contributed by atoms with Gasteiger partial charge in [-0.1, -0.05) is 56.9 Å². The monoisotopic (exact) mass is 262 g/mol. The van der Waals surface area contributed by atoms with Crippen LogP contribution in [0.1, 0.15) is 55.4 Å². The molecule has 2 aromatic rings. The molecular weight excluding hydrogens is 240 g/mol. The van der Waals surface area contributed by atoms with Crippen molar-refractivity contribution in [2.24, 2.45) is 0 Å². The number of aryl methyl sites for hydroxylation is 1. The SMILES string of the molecule is CCc1cccc(C#Cc2ccc(C(C)CC)cc2)c1. The molecular formula is C20H22.